The Morgan fingerprint density at radius 2 is 1.79 bits per heavy atom. The zero-order valence-corrected chi connectivity index (χ0v) is 14.6. The topological polar surface area (TPSA) is 66.4 Å². The first-order valence-corrected chi connectivity index (χ1v) is 8.98. The van der Waals surface area contributed by atoms with Crippen molar-refractivity contribution in [2.24, 2.45) is 0 Å². The number of piperidine rings is 2. The zero-order valence-electron chi connectivity index (χ0n) is 14.6. The molecule has 1 aromatic rings. The molecule has 1 aromatic heterocycles. The molecule has 0 saturated carbocycles. The predicted molar refractivity (Wildman–Crippen MR) is 90.5 cm³/mol. The van der Waals surface area contributed by atoms with Crippen molar-refractivity contribution in [3.05, 3.63) is 23.3 Å². The Balaban J connectivity index is 1.81. The molecule has 0 aliphatic carbocycles. The van der Waals surface area contributed by atoms with Gasteiger partial charge in [-0.25, -0.2) is 9.97 Å². The molecule has 2 aliphatic heterocycles. The average Bonchev–Trinajstić information content (AvgIpc) is 2.62. The Morgan fingerprint density at radius 1 is 1.08 bits per heavy atom. The number of amides is 2. The van der Waals surface area contributed by atoms with Crippen LogP contribution in [0.5, 0.6) is 0 Å². The normalized spacial score (nSPS) is 21.7. The highest BCUT2D eigenvalue weighted by molar-refractivity contribution is 5.95. The van der Waals surface area contributed by atoms with Crippen molar-refractivity contribution in [1.82, 2.24) is 19.8 Å². The minimum atomic E-state index is -0.0610. The van der Waals surface area contributed by atoms with E-state index in [9.17, 15) is 9.59 Å². The summed E-state index contributed by atoms with van der Waals surface area (Å²) in [5.74, 6) is 0.762. The number of carbonyl (C=O) groups excluding carboxylic acids is 2. The van der Waals surface area contributed by atoms with Crippen LogP contribution in [0.3, 0.4) is 0 Å². The molecule has 0 radical (unpaired) electrons. The fraction of sp³-hybridized carbons (Fsp3) is 0.667. The fourth-order valence-electron chi connectivity index (χ4n) is 3.70. The van der Waals surface area contributed by atoms with Crippen LogP contribution < -0.4 is 0 Å². The molecule has 6 heteroatoms. The van der Waals surface area contributed by atoms with Gasteiger partial charge in [0.1, 0.15) is 0 Å². The molecule has 130 valence electrons. The van der Waals surface area contributed by atoms with E-state index in [-0.39, 0.29) is 17.9 Å². The lowest BCUT2D eigenvalue weighted by Gasteiger charge is -2.34. The van der Waals surface area contributed by atoms with E-state index in [4.69, 9.17) is 0 Å². The maximum absolute atomic E-state index is 12.7. The Hall–Kier alpha value is -1.98. The Bertz CT molecular complexity index is 625. The molecule has 3 heterocycles. The summed E-state index contributed by atoms with van der Waals surface area (Å²) < 4.78 is 0. The quantitative estimate of drug-likeness (QED) is 0.835. The third-order valence-corrected chi connectivity index (χ3v) is 5.08. The van der Waals surface area contributed by atoms with Gasteiger partial charge >= 0.3 is 0 Å². The molecule has 2 fully saturated rings. The van der Waals surface area contributed by atoms with E-state index in [1.807, 2.05) is 16.7 Å². The first-order chi connectivity index (χ1) is 11.6. The van der Waals surface area contributed by atoms with Gasteiger partial charge in [-0.15, -0.1) is 0 Å². The molecule has 2 amide bonds. The monoisotopic (exact) mass is 330 g/mol. The largest absolute Gasteiger partial charge is 0.339 e. The summed E-state index contributed by atoms with van der Waals surface area (Å²) in [6.07, 6.45) is 7.98. The van der Waals surface area contributed by atoms with Crippen LogP contribution in [0, 0.1) is 6.92 Å². The van der Waals surface area contributed by atoms with Crippen LogP contribution >= 0.6 is 0 Å². The summed E-state index contributed by atoms with van der Waals surface area (Å²) >= 11 is 0. The van der Waals surface area contributed by atoms with Crippen LogP contribution in [-0.2, 0) is 4.79 Å². The second kappa shape index (κ2) is 7.28. The first kappa shape index (κ1) is 16.9. The van der Waals surface area contributed by atoms with E-state index < -0.39 is 0 Å². The molecule has 0 unspecified atom stereocenters. The van der Waals surface area contributed by atoms with Crippen molar-refractivity contribution in [2.75, 3.05) is 19.6 Å². The number of hydrogen-bond acceptors (Lipinski definition) is 4. The van der Waals surface area contributed by atoms with Gasteiger partial charge in [-0.1, -0.05) is 0 Å². The fourth-order valence-corrected chi connectivity index (χ4v) is 3.70. The molecule has 1 atom stereocenters. The standard InChI is InChI=1S/C18H26N4O2/c1-13-15(18(24)21-9-5-3-6-10-21)12-19-17(20-13)16-8-4-7-11-22(16)14(2)23/h12,16H,3-11H2,1-2H3/t16-/m0/s1. The van der Waals surface area contributed by atoms with Crippen LogP contribution in [0.25, 0.3) is 0 Å². The van der Waals surface area contributed by atoms with Crippen molar-refractivity contribution in [1.29, 1.82) is 0 Å². The number of aryl methyl sites for hydroxylation is 1. The van der Waals surface area contributed by atoms with Crippen LogP contribution in [0.2, 0.25) is 0 Å². The molecule has 0 spiro atoms. The minimum absolute atomic E-state index is 0.0332. The Morgan fingerprint density at radius 3 is 2.46 bits per heavy atom. The predicted octanol–water partition coefficient (Wildman–Crippen LogP) is 2.48. The average molecular weight is 330 g/mol. The maximum atomic E-state index is 12.7. The highest BCUT2D eigenvalue weighted by Gasteiger charge is 2.29. The Kier molecular flexibility index (Phi) is 5.11. The molecule has 3 rings (SSSR count). The summed E-state index contributed by atoms with van der Waals surface area (Å²) in [4.78, 5) is 37.3. The van der Waals surface area contributed by atoms with Crippen LogP contribution in [0.4, 0.5) is 0 Å². The first-order valence-electron chi connectivity index (χ1n) is 8.98. The van der Waals surface area contributed by atoms with Gasteiger partial charge in [-0.2, -0.15) is 0 Å². The zero-order chi connectivity index (χ0) is 17.1. The van der Waals surface area contributed by atoms with Crippen molar-refractivity contribution >= 4 is 11.8 Å². The number of nitrogens with zero attached hydrogens (tertiary/aromatic N) is 4. The second-order valence-corrected chi connectivity index (χ2v) is 6.80. The van der Waals surface area contributed by atoms with E-state index in [1.165, 1.54) is 6.42 Å². The number of likely N-dealkylation sites (tertiary alicyclic amines) is 2. The highest BCUT2D eigenvalue weighted by atomic mass is 16.2. The molecular weight excluding hydrogens is 304 g/mol. The molecule has 24 heavy (non-hydrogen) atoms. The van der Waals surface area contributed by atoms with Gasteiger partial charge in [0.25, 0.3) is 5.91 Å². The van der Waals surface area contributed by atoms with Gasteiger partial charge in [0.15, 0.2) is 5.82 Å². The summed E-state index contributed by atoms with van der Waals surface area (Å²) in [6.45, 7) is 5.86. The minimum Gasteiger partial charge on any atom is -0.339 e. The van der Waals surface area contributed by atoms with Crippen molar-refractivity contribution < 1.29 is 9.59 Å². The Labute approximate surface area is 143 Å². The van der Waals surface area contributed by atoms with Gasteiger partial charge in [0, 0.05) is 32.8 Å². The van der Waals surface area contributed by atoms with Crippen molar-refractivity contribution in [3.63, 3.8) is 0 Å². The molecular formula is C18H26N4O2. The lowest BCUT2D eigenvalue weighted by atomic mass is 10.0. The van der Waals surface area contributed by atoms with E-state index in [1.54, 1.807) is 13.1 Å². The molecule has 6 nitrogen and oxygen atoms in total. The van der Waals surface area contributed by atoms with E-state index in [0.29, 0.717) is 17.1 Å². The second-order valence-electron chi connectivity index (χ2n) is 6.80. The summed E-state index contributed by atoms with van der Waals surface area (Å²) in [5.41, 5.74) is 1.30. The SMILES string of the molecule is CC(=O)N1CCCC[C@H]1c1ncc(C(=O)N2CCCCC2)c(C)n1. The summed E-state index contributed by atoms with van der Waals surface area (Å²) in [6, 6.07) is -0.0610. The summed E-state index contributed by atoms with van der Waals surface area (Å²) in [5, 5.41) is 0. The third-order valence-electron chi connectivity index (χ3n) is 5.08. The third kappa shape index (κ3) is 3.42. The highest BCUT2D eigenvalue weighted by Crippen LogP contribution is 2.29. The van der Waals surface area contributed by atoms with Gasteiger partial charge < -0.3 is 9.80 Å². The van der Waals surface area contributed by atoms with Crippen LogP contribution in [0.1, 0.15) is 73.4 Å². The molecule has 0 aromatic carbocycles. The number of hydrogen-bond donors (Lipinski definition) is 0. The number of aromatic nitrogens is 2. The van der Waals surface area contributed by atoms with Gasteiger partial charge in [0.2, 0.25) is 5.91 Å². The van der Waals surface area contributed by atoms with E-state index in [2.05, 4.69) is 9.97 Å². The molecule has 2 aliphatic rings. The summed E-state index contributed by atoms with van der Waals surface area (Å²) in [7, 11) is 0. The van der Waals surface area contributed by atoms with Crippen LogP contribution in [0.15, 0.2) is 6.20 Å². The number of carbonyl (C=O) groups is 2. The van der Waals surface area contributed by atoms with E-state index >= 15 is 0 Å². The van der Waals surface area contributed by atoms with Gasteiger partial charge in [-0.05, 0) is 45.4 Å². The maximum Gasteiger partial charge on any atom is 0.257 e. The van der Waals surface area contributed by atoms with Crippen molar-refractivity contribution in [3.8, 4) is 0 Å². The molecule has 0 N–H and O–H groups in total. The number of rotatable bonds is 2. The van der Waals surface area contributed by atoms with Gasteiger partial charge in [0.05, 0.1) is 17.3 Å². The van der Waals surface area contributed by atoms with Crippen molar-refractivity contribution in [2.45, 2.75) is 58.4 Å². The lowest BCUT2D eigenvalue weighted by Crippen LogP contribution is -2.38. The smallest absolute Gasteiger partial charge is 0.257 e. The van der Waals surface area contributed by atoms with Gasteiger partial charge in [-0.3, -0.25) is 9.59 Å². The van der Waals surface area contributed by atoms with Crippen LogP contribution in [-0.4, -0.2) is 51.2 Å². The lowest BCUT2D eigenvalue weighted by molar-refractivity contribution is -0.132. The molecule has 2 saturated heterocycles. The molecule has 0 bridgehead atoms. The van der Waals surface area contributed by atoms with E-state index in [0.717, 1.165) is 51.7 Å².